The van der Waals surface area contributed by atoms with Gasteiger partial charge in [-0.05, 0) is 61.9 Å². The van der Waals surface area contributed by atoms with Gasteiger partial charge in [-0.1, -0.05) is 51.5 Å². The molecule has 0 radical (unpaired) electrons. The molecule has 0 bridgehead atoms. The van der Waals surface area contributed by atoms with E-state index < -0.39 is 19.9 Å². The van der Waals surface area contributed by atoms with Crippen LogP contribution >= 0.6 is 7.82 Å². The first kappa shape index (κ1) is 32.3. The second kappa shape index (κ2) is 15.0. The molecule has 1 atom stereocenters. The van der Waals surface area contributed by atoms with Crippen LogP contribution in [0.25, 0.3) is 0 Å². The van der Waals surface area contributed by atoms with Crippen LogP contribution in [0.3, 0.4) is 0 Å². The Morgan fingerprint density at radius 1 is 0.949 bits per heavy atom. The summed E-state index contributed by atoms with van der Waals surface area (Å²) >= 11 is 0. The summed E-state index contributed by atoms with van der Waals surface area (Å²) in [5.41, 5.74) is 4.13. The topological polar surface area (TPSA) is 137 Å². The van der Waals surface area contributed by atoms with Crippen molar-refractivity contribution in [1.29, 1.82) is 0 Å². The third-order valence-corrected chi connectivity index (χ3v) is 6.18. The van der Waals surface area contributed by atoms with Crippen molar-refractivity contribution in [2.24, 2.45) is 11.8 Å². The van der Waals surface area contributed by atoms with Gasteiger partial charge in [0.2, 0.25) is 0 Å². The molecule has 0 aliphatic heterocycles. The monoisotopic (exact) mass is 563 g/mol. The van der Waals surface area contributed by atoms with Crippen molar-refractivity contribution in [3.63, 3.8) is 0 Å². The molecule has 0 unspecified atom stereocenters. The molecule has 0 saturated heterocycles. The number of aryl methyl sites for hydroxylation is 2. The van der Waals surface area contributed by atoms with E-state index in [2.05, 4.69) is 47.8 Å². The predicted octanol–water partition coefficient (Wildman–Crippen LogP) is 5.73. The number of rotatable bonds is 14. The maximum atomic E-state index is 12.9. The normalized spacial score (nSPS) is 12.4. The van der Waals surface area contributed by atoms with Crippen molar-refractivity contribution >= 4 is 36.9 Å². The lowest BCUT2D eigenvalue weighted by molar-refractivity contribution is -0.146. The lowest BCUT2D eigenvalue weighted by Crippen LogP contribution is -2.32. The van der Waals surface area contributed by atoms with Crippen LogP contribution in [-0.2, 0) is 25.0 Å². The Hall–Kier alpha value is -2.91. The average Bonchev–Trinajstić information content (AvgIpc) is 2.81. The van der Waals surface area contributed by atoms with Gasteiger partial charge < -0.3 is 30.1 Å². The number of hydrogen-bond acceptors (Lipinski definition) is 6. The number of hydrogen-bond donors (Lipinski definition) is 4. The molecule has 4 N–H and O–H groups in total. The molecular weight excluding hydrogens is 521 g/mol. The minimum atomic E-state index is -4.65. The summed E-state index contributed by atoms with van der Waals surface area (Å²) in [7, 11) is -4.65. The SMILES string of the molecule is Cc1ccc(NC(=O)Nc2cc(CCC(=O)OC[C@H](C)OP(=O)(O)O)ccc2N(CC(C)C)CC(C)C)cc1. The van der Waals surface area contributed by atoms with E-state index >= 15 is 0 Å². The number of nitrogens with zero attached hydrogens (tertiary/aromatic N) is 1. The minimum Gasteiger partial charge on any atom is -0.463 e. The number of benzene rings is 2. The van der Waals surface area contributed by atoms with Gasteiger partial charge in [-0.3, -0.25) is 9.32 Å². The molecule has 2 amide bonds. The number of esters is 1. The number of phosphoric acid groups is 1. The second-order valence-electron chi connectivity index (χ2n) is 10.6. The largest absolute Gasteiger partial charge is 0.469 e. The number of carbonyl (C=O) groups excluding carboxylic acids is 2. The highest BCUT2D eigenvalue weighted by Gasteiger charge is 2.20. The summed E-state index contributed by atoms with van der Waals surface area (Å²) < 4.78 is 20.5. The van der Waals surface area contributed by atoms with Gasteiger partial charge in [-0.15, -0.1) is 0 Å². The van der Waals surface area contributed by atoms with Gasteiger partial charge >= 0.3 is 19.8 Å². The molecule has 0 fully saturated rings. The van der Waals surface area contributed by atoms with Crippen LogP contribution < -0.4 is 15.5 Å². The summed E-state index contributed by atoms with van der Waals surface area (Å²) in [5.74, 6) is 0.293. The summed E-state index contributed by atoms with van der Waals surface area (Å²) in [5, 5.41) is 5.86. The maximum Gasteiger partial charge on any atom is 0.469 e. The van der Waals surface area contributed by atoms with Crippen molar-refractivity contribution in [2.45, 2.75) is 60.5 Å². The lowest BCUT2D eigenvalue weighted by Gasteiger charge is -2.30. The fourth-order valence-electron chi connectivity index (χ4n) is 3.98. The number of urea groups is 1. The summed E-state index contributed by atoms with van der Waals surface area (Å²) in [6, 6.07) is 12.9. The smallest absolute Gasteiger partial charge is 0.463 e. The Balaban J connectivity index is 2.18. The molecule has 0 heterocycles. The van der Waals surface area contributed by atoms with Gasteiger partial charge in [0.25, 0.3) is 0 Å². The highest BCUT2D eigenvalue weighted by atomic mass is 31.2. The second-order valence-corrected chi connectivity index (χ2v) is 11.8. The van der Waals surface area contributed by atoms with Gasteiger partial charge in [-0.2, -0.15) is 0 Å². The molecule has 0 aromatic heterocycles. The number of nitrogens with one attached hydrogen (secondary N) is 2. The molecule has 10 nitrogen and oxygen atoms in total. The van der Waals surface area contributed by atoms with E-state index in [9.17, 15) is 14.2 Å². The average molecular weight is 564 g/mol. The molecule has 39 heavy (non-hydrogen) atoms. The van der Waals surface area contributed by atoms with Gasteiger partial charge in [-0.25, -0.2) is 9.36 Å². The third kappa shape index (κ3) is 12.7. The Morgan fingerprint density at radius 2 is 1.56 bits per heavy atom. The number of carbonyl (C=O) groups is 2. The molecular formula is C28H42N3O7P. The molecule has 11 heteroatoms. The zero-order valence-corrected chi connectivity index (χ0v) is 24.5. The Bertz CT molecular complexity index is 1120. The molecule has 0 spiro atoms. The quantitative estimate of drug-likeness (QED) is 0.169. The molecule has 2 aromatic rings. The van der Waals surface area contributed by atoms with Gasteiger partial charge in [0.1, 0.15) is 12.7 Å². The van der Waals surface area contributed by atoms with Crippen molar-refractivity contribution in [3.05, 3.63) is 53.6 Å². The molecule has 0 aliphatic carbocycles. The van der Waals surface area contributed by atoms with Gasteiger partial charge in [0.05, 0.1) is 11.4 Å². The van der Waals surface area contributed by atoms with Crippen LogP contribution in [0.1, 0.15) is 52.2 Å². The van der Waals surface area contributed by atoms with E-state index in [-0.39, 0.29) is 19.1 Å². The Kier molecular flexibility index (Phi) is 12.4. The van der Waals surface area contributed by atoms with E-state index in [1.807, 2.05) is 49.4 Å². The number of amides is 2. The van der Waals surface area contributed by atoms with Crippen LogP contribution in [0.4, 0.5) is 21.9 Å². The van der Waals surface area contributed by atoms with Gasteiger partial charge in [0, 0.05) is 25.2 Å². The maximum absolute atomic E-state index is 12.9. The van der Waals surface area contributed by atoms with E-state index in [1.165, 1.54) is 6.92 Å². The lowest BCUT2D eigenvalue weighted by atomic mass is 10.1. The van der Waals surface area contributed by atoms with E-state index in [0.29, 0.717) is 29.6 Å². The number of ether oxygens (including phenoxy) is 1. The van der Waals surface area contributed by atoms with E-state index in [4.69, 9.17) is 14.5 Å². The fourth-order valence-corrected chi connectivity index (χ4v) is 4.51. The Labute approximate surface area is 231 Å². The predicted molar refractivity (Wildman–Crippen MR) is 154 cm³/mol. The van der Waals surface area contributed by atoms with Crippen molar-refractivity contribution in [3.8, 4) is 0 Å². The molecule has 0 saturated carbocycles. The highest BCUT2D eigenvalue weighted by Crippen LogP contribution is 2.37. The molecule has 2 rings (SSSR count). The minimum absolute atomic E-state index is 0.0542. The zero-order chi connectivity index (χ0) is 29.2. The highest BCUT2D eigenvalue weighted by molar-refractivity contribution is 7.46. The molecule has 2 aromatic carbocycles. The van der Waals surface area contributed by atoms with Crippen LogP contribution in [-0.4, -0.2) is 47.6 Å². The summed E-state index contributed by atoms with van der Waals surface area (Å²) in [6.07, 6.45) is -0.529. The Morgan fingerprint density at radius 3 is 2.13 bits per heavy atom. The number of anilines is 3. The third-order valence-electron chi connectivity index (χ3n) is 5.54. The van der Waals surface area contributed by atoms with Gasteiger partial charge in [0.15, 0.2) is 0 Å². The van der Waals surface area contributed by atoms with Crippen LogP contribution in [0.2, 0.25) is 0 Å². The van der Waals surface area contributed by atoms with Crippen molar-refractivity contribution < 1.29 is 33.2 Å². The first-order chi connectivity index (χ1) is 18.2. The fraction of sp³-hybridized carbons (Fsp3) is 0.500. The first-order valence-electron chi connectivity index (χ1n) is 13.1. The summed E-state index contributed by atoms with van der Waals surface area (Å²) in [4.78, 5) is 45.1. The van der Waals surface area contributed by atoms with Crippen molar-refractivity contribution in [1.82, 2.24) is 0 Å². The van der Waals surface area contributed by atoms with Crippen LogP contribution in [0.15, 0.2) is 42.5 Å². The standard InChI is InChI=1S/C28H42N3O7P/c1-19(2)16-31(17-20(3)4)26-13-9-23(10-14-27(32)37-18-22(6)38-39(34,35)36)15-25(26)30-28(33)29-24-11-7-21(5)8-12-24/h7-9,11-13,15,19-20,22H,10,14,16-18H2,1-6H3,(H2,29,30,33)(H2,34,35,36)/t22-/m0/s1. The summed E-state index contributed by atoms with van der Waals surface area (Å²) in [6.45, 7) is 13.3. The zero-order valence-electron chi connectivity index (χ0n) is 23.6. The number of phosphoric ester groups is 1. The van der Waals surface area contributed by atoms with E-state index in [1.54, 1.807) is 0 Å². The molecule has 216 valence electrons. The van der Waals surface area contributed by atoms with Crippen molar-refractivity contribution in [2.75, 3.05) is 35.2 Å². The van der Waals surface area contributed by atoms with Crippen LogP contribution in [0, 0.1) is 18.8 Å². The van der Waals surface area contributed by atoms with Crippen LogP contribution in [0.5, 0.6) is 0 Å². The molecule has 0 aliphatic rings. The van der Waals surface area contributed by atoms with E-state index in [0.717, 1.165) is 29.9 Å². The first-order valence-corrected chi connectivity index (χ1v) is 14.7.